The molecular weight excluding hydrogens is 339 g/mol. The lowest BCUT2D eigenvalue weighted by atomic mass is 9.71. The molecule has 0 radical (unpaired) electrons. The summed E-state index contributed by atoms with van der Waals surface area (Å²) in [5.74, 6) is -0.974. The molecule has 0 aromatic heterocycles. The number of halogens is 2. The summed E-state index contributed by atoms with van der Waals surface area (Å²) < 4.78 is 5.66. The molecule has 0 heterocycles. The van der Waals surface area contributed by atoms with Gasteiger partial charge in [0, 0.05) is 5.56 Å². The van der Waals surface area contributed by atoms with Crippen LogP contribution in [0.5, 0.6) is 0 Å². The van der Waals surface area contributed by atoms with Gasteiger partial charge in [-0.3, -0.25) is 4.79 Å². The zero-order valence-corrected chi connectivity index (χ0v) is 14.3. The van der Waals surface area contributed by atoms with Crippen LogP contribution >= 0.6 is 23.2 Å². The summed E-state index contributed by atoms with van der Waals surface area (Å²) in [5, 5.41) is 9.53. The van der Waals surface area contributed by atoms with E-state index in [0.717, 1.165) is 25.7 Å². The molecule has 6 heteroatoms. The third-order valence-corrected chi connectivity index (χ3v) is 6.05. The number of benzene rings is 1. The molecule has 2 aliphatic rings. The van der Waals surface area contributed by atoms with E-state index >= 15 is 0 Å². The standard InChI is InChI=1S/C17H18Cl2O4/c1-17(9-4-2-3-5-9)15(22)13-10(6-7-11(18)14(13)19)16(17)23-8-12(20)21/h6-7,9,16H,2-5,8H2,1H3,(H,20,21)/t16-,17?/m1/s1. The Morgan fingerprint density at radius 1 is 1.35 bits per heavy atom. The van der Waals surface area contributed by atoms with E-state index in [1.54, 1.807) is 12.1 Å². The first kappa shape index (κ1) is 16.7. The van der Waals surface area contributed by atoms with Crippen molar-refractivity contribution in [2.45, 2.75) is 38.7 Å². The second kappa shape index (κ2) is 6.08. The molecule has 23 heavy (non-hydrogen) atoms. The molecule has 1 fully saturated rings. The highest BCUT2D eigenvalue weighted by Gasteiger charge is 2.56. The molecule has 4 nitrogen and oxygen atoms in total. The van der Waals surface area contributed by atoms with Crippen LogP contribution in [0.1, 0.15) is 54.6 Å². The molecule has 0 saturated heterocycles. The predicted octanol–water partition coefficient (Wildman–Crippen LogP) is 4.53. The first-order valence-electron chi connectivity index (χ1n) is 7.73. The number of aliphatic carboxylic acids is 1. The Morgan fingerprint density at radius 3 is 2.61 bits per heavy atom. The Morgan fingerprint density at radius 2 is 2.00 bits per heavy atom. The van der Waals surface area contributed by atoms with E-state index in [4.69, 9.17) is 33.0 Å². The van der Waals surface area contributed by atoms with Crippen molar-refractivity contribution in [2.75, 3.05) is 6.61 Å². The molecule has 3 rings (SSSR count). The summed E-state index contributed by atoms with van der Waals surface area (Å²) >= 11 is 12.3. The zero-order valence-electron chi connectivity index (χ0n) is 12.8. The summed E-state index contributed by atoms with van der Waals surface area (Å²) in [5.41, 5.74) is 0.256. The van der Waals surface area contributed by atoms with Crippen molar-refractivity contribution in [1.82, 2.24) is 0 Å². The Kier molecular flexibility index (Phi) is 4.43. The average Bonchev–Trinajstić information content (AvgIpc) is 3.10. The van der Waals surface area contributed by atoms with Crippen molar-refractivity contribution in [3.05, 3.63) is 33.3 Å². The van der Waals surface area contributed by atoms with Crippen LogP contribution in [0, 0.1) is 11.3 Å². The second-order valence-electron chi connectivity index (χ2n) is 6.50. The topological polar surface area (TPSA) is 63.6 Å². The van der Waals surface area contributed by atoms with Crippen molar-refractivity contribution >= 4 is 35.0 Å². The highest BCUT2D eigenvalue weighted by molar-refractivity contribution is 6.44. The van der Waals surface area contributed by atoms with Crippen LogP contribution in [0.4, 0.5) is 0 Å². The molecule has 0 aliphatic heterocycles. The maximum Gasteiger partial charge on any atom is 0.329 e. The Balaban J connectivity index is 2.09. The number of hydrogen-bond acceptors (Lipinski definition) is 3. The van der Waals surface area contributed by atoms with Crippen molar-refractivity contribution in [1.29, 1.82) is 0 Å². The molecule has 2 atom stereocenters. The third-order valence-electron chi connectivity index (χ3n) is 5.25. The fourth-order valence-electron chi connectivity index (χ4n) is 4.07. The maximum atomic E-state index is 13.2. The number of carboxylic acid groups (broad SMARTS) is 1. The Bertz CT molecular complexity index is 667. The summed E-state index contributed by atoms with van der Waals surface area (Å²) in [6, 6.07) is 3.36. The smallest absolute Gasteiger partial charge is 0.329 e. The zero-order chi connectivity index (χ0) is 16.8. The molecule has 0 spiro atoms. The molecular formula is C17H18Cl2O4. The number of ketones is 1. The summed E-state index contributed by atoms with van der Waals surface area (Å²) in [7, 11) is 0. The lowest BCUT2D eigenvalue weighted by molar-refractivity contribution is -0.147. The lowest BCUT2D eigenvalue weighted by Crippen LogP contribution is -2.37. The van der Waals surface area contributed by atoms with E-state index in [2.05, 4.69) is 0 Å². The fraction of sp³-hybridized carbons (Fsp3) is 0.529. The van der Waals surface area contributed by atoms with E-state index in [1.807, 2.05) is 6.92 Å². The molecule has 1 saturated carbocycles. The number of fused-ring (bicyclic) bond motifs is 1. The van der Waals surface area contributed by atoms with Crippen LogP contribution in [-0.4, -0.2) is 23.5 Å². The summed E-state index contributed by atoms with van der Waals surface area (Å²) in [4.78, 5) is 24.1. The Hall–Kier alpha value is -1.10. The van der Waals surface area contributed by atoms with Gasteiger partial charge in [0.05, 0.1) is 21.6 Å². The van der Waals surface area contributed by atoms with E-state index in [0.29, 0.717) is 16.1 Å². The maximum absolute atomic E-state index is 13.2. The van der Waals surface area contributed by atoms with E-state index in [-0.39, 0.29) is 16.7 Å². The number of rotatable bonds is 4. The minimum atomic E-state index is -1.06. The molecule has 1 unspecified atom stereocenters. The number of carbonyl (C=O) groups is 2. The molecule has 0 bridgehead atoms. The van der Waals surface area contributed by atoms with Crippen LogP contribution in [0.25, 0.3) is 0 Å². The first-order chi connectivity index (χ1) is 10.9. The number of carbonyl (C=O) groups excluding carboxylic acids is 1. The minimum Gasteiger partial charge on any atom is -0.480 e. The van der Waals surface area contributed by atoms with Gasteiger partial charge < -0.3 is 9.84 Å². The van der Waals surface area contributed by atoms with Crippen molar-refractivity contribution in [3.8, 4) is 0 Å². The molecule has 124 valence electrons. The first-order valence-corrected chi connectivity index (χ1v) is 8.49. The number of Topliss-reactive ketones (excluding diaryl/α,β-unsaturated/α-hetero) is 1. The molecule has 0 amide bonds. The Labute approximate surface area is 144 Å². The van der Waals surface area contributed by atoms with E-state index in [1.165, 1.54) is 0 Å². The molecule has 1 aromatic rings. The van der Waals surface area contributed by atoms with E-state index < -0.39 is 24.1 Å². The van der Waals surface area contributed by atoms with Crippen LogP contribution in [0.15, 0.2) is 12.1 Å². The molecule has 1 N–H and O–H groups in total. The van der Waals surface area contributed by atoms with Crippen LogP contribution in [0.2, 0.25) is 10.0 Å². The van der Waals surface area contributed by atoms with Gasteiger partial charge >= 0.3 is 5.97 Å². The fourth-order valence-corrected chi connectivity index (χ4v) is 4.48. The SMILES string of the molecule is CC1(C2CCCC2)C(=O)c2c(ccc(Cl)c2Cl)[C@H]1OCC(=O)O. The van der Waals surface area contributed by atoms with Gasteiger partial charge in [0.1, 0.15) is 6.61 Å². The summed E-state index contributed by atoms with van der Waals surface area (Å²) in [6.07, 6.45) is 3.43. The van der Waals surface area contributed by atoms with Gasteiger partial charge in [-0.2, -0.15) is 0 Å². The highest BCUT2D eigenvalue weighted by Crippen LogP contribution is 2.57. The van der Waals surface area contributed by atoms with Crippen LogP contribution in [0.3, 0.4) is 0 Å². The lowest BCUT2D eigenvalue weighted by Gasteiger charge is -2.35. The van der Waals surface area contributed by atoms with Gasteiger partial charge in [-0.1, -0.05) is 42.1 Å². The second-order valence-corrected chi connectivity index (χ2v) is 7.29. The predicted molar refractivity (Wildman–Crippen MR) is 87.2 cm³/mol. The van der Waals surface area contributed by atoms with Gasteiger partial charge in [0.2, 0.25) is 0 Å². The van der Waals surface area contributed by atoms with Gasteiger partial charge in [0.15, 0.2) is 5.78 Å². The monoisotopic (exact) mass is 356 g/mol. The van der Waals surface area contributed by atoms with Gasteiger partial charge in [-0.25, -0.2) is 4.79 Å². The van der Waals surface area contributed by atoms with Gasteiger partial charge in [-0.05, 0) is 37.3 Å². The average molecular weight is 357 g/mol. The summed E-state index contributed by atoms with van der Waals surface area (Å²) in [6.45, 7) is 1.43. The van der Waals surface area contributed by atoms with Crippen molar-refractivity contribution < 1.29 is 19.4 Å². The van der Waals surface area contributed by atoms with Crippen molar-refractivity contribution in [2.24, 2.45) is 11.3 Å². The molecule has 2 aliphatic carbocycles. The van der Waals surface area contributed by atoms with Crippen LogP contribution < -0.4 is 0 Å². The molecule has 1 aromatic carbocycles. The highest BCUT2D eigenvalue weighted by atomic mass is 35.5. The quantitative estimate of drug-likeness (QED) is 0.860. The van der Waals surface area contributed by atoms with Gasteiger partial charge in [0.25, 0.3) is 0 Å². The van der Waals surface area contributed by atoms with E-state index in [9.17, 15) is 9.59 Å². The number of ether oxygens (including phenoxy) is 1. The number of carboxylic acids is 1. The van der Waals surface area contributed by atoms with Crippen molar-refractivity contribution in [3.63, 3.8) is 0 Å². The minimum absolute atomic E-state index is 0.0812. The largest absolute Gasteiger partial charge is 0.480 e. The third kappa shape index (κ3) is 2.57. The van der Waals surface area contributed by atoms with Crippen LogP contribution in [-0.2, 0) is 9.53 Å². The van der Waals surface area contributed by atoms with Gasteiger partial charge in [-0.15, -0.1) is 0 Å². The number of hydrogen-bond donors (Lipinski definition) is 1. The normalized spacial score (nSPS) is 27.4.